The summed E-state index contributed by atoms with van der Waals surface area (Å²) in [5, 5.41) is 0. The van der Waals surface area contributed by atoms with Crippen LogP contribution in [0.4, 0.5) is 0 Å². The van der Waals surface area contributed by atoms with E-state index >= 15 is 0 Å². The summed E-state index contributed by atoms with van der Waals surface area (Å²) in [5.41, 5.74) is 0. The molecule has 0 heterocycles. The molecule has 0 radical (unpaired) electrons. The first-order valence-corrected chi connectivity index (χ1v) is 4.16. The van der Waals surface area contributed by atoms with Crippen LogP contribution in [0.15, 0.2) is 0 Å². The normalized spacial score (nSPS) is 9.64. The van der Waals surface area contributed by atoms with Crippen molar-refractivity contribution >= 4 is 10.4 Å². The standard InChI is InChI=1S/C5H11.K.H2O4S/c1-4-5(2)3;;1-5(2,3)4/h5H,1,4H2,2-3H3;;(H2,1,2,3,4)/q-1;+1;. The quantitative estimate of drug-likeness (QED) is 0.303. The molecule has 2 N–H and O–H groups in total. The third-order valence-electron chi connectivity index (χ3n) is 0.577. The average molecular weight is 208 g/mol. The van der Waals surface area contributed by atoms with Gasteiger partial charge < -0.3 is 6.92 Å². The first kappa shape index (κ1) is 18.3. The number of hydrogen-bond donors (Lipinski definition) is 2. The smallest absolute Gasteiger partial charge is 0.343 e. The van der Waals surface area contributed by atoms with Gasteiger partial charge in [0.2, 0.25) is 0 Å². The molecule has 0 atom stereocenters. The van der Waals surface area contributed by atoms with Crippen LogP contribution in [0.25, 0.3) is 0 Å². The van der Waals surface area contributed by atoms with Gasteiger partial charge in [-0.1, -0.05) is 19.8 Å². The zero-order chi connectivity index (χ0) is 8.78. The van der Waals surface area contributed by atoms with Crippen molar-refractivity contribution in [3.8, 4) is 0 Å². The van der Waals surface area contributed by atoms with Gasteiger partial charge in [0.25, 0.3) is 0 Å². The Morgan fingerprint density at radius 2 is 1.45 bits per heavy atom. The molecule has 0 fully saturated rings. The predicted octanol–water partition coefficient (Wildman–Crippen LogP) is -1.78. The van der Waals surface area contributed by atoms with E-state index in [-0.39, 0.29) is 51.4 Å². The van der Waals surface area contributed by atoms with E-state index in [1.807, 2.05) is 0 Å². The number of hydrogen-bond acceptors (Lipinski definition) is 2. The van der Waals surface area contributed by atoms with Crippen molar-refractivity contribution in [2.24, 2.45) is 5.92 Å². The SMILES string of the molecule is O=S(=O)(O)O.[CH2-]CC(C)C.[K+]. The maximum absolute atomic E-state index is 8.74. The van der Waals surface area contributed by atoms with E-state index in [0.29, 0.717) is 0 Å². The van der Waals surface area contributed by atoms with E-state index < -0.39 is 10.4 Å². The number of rotatable bonds is 1. The molecule has 0 amide bonds. The van der Waals surface area contributed by atoms with E-state index in [4.69, 9.17) is 17.5 Å². The maximum atomic E-state index is 8.74. The van der Waals surface area contributed by atoms with Crippen molar-refractivity contribution in [3.63, 3.8) is 0 Å². The topological polar surface area (TPSA) is 74.6 Å². The summed E-state index contributed by atoms with van der Waals surface area (Å²) in [6.07, 6.45) is 1.06. The van der Waals surface area contributed by atoms with Crippen LogP contribution >= 0.6 is 0 Å². The summed E-state index contributed by atoms with van der Waals surface area (Å²) in [4.78, 5) is 0. The molecule has 0 aliphatic carbocycles. The molecule has 0 spiro atoms. The molecule has 0 aliphatic rings. The van der Waals surface area contributed by atoms with Gasteiger partial charge in [-0.2, -0.15) is 14.8 Å². The van der Waals surface area contributed by atoms with Crippen molar-refractivity contribution < 1.29 is 68.9 Å². The second-order valence-electron chi connectivity index (χ2n) is 2.13. The molecule has 0 aromatic carbocycles. The van der Waals surface area contributed by atoms with Crippen molar-refractivity contribution in [3.05, 3.63) is 6.92 Å². The Balaban J connectivity index is -0.000000107. The summed E-state index contributed by atoms with van der Waals surface area (Å²) in [6, 6.07) is 0. The van der Waals surface area contributed by atoms with E-state index in [0.717, 1.165) is 12.3 Å². The fourth-order valence-corrected chi connectivity index (χ4v) is 0. The van der Waals surface area contributed by atoms with E-state index in [1.54, 1.807) is 0 Å². The van der Waals surface area contributed by atoms with Gasteiger partial charge in [0.1, 0.15) is 0 Å². The zero-order valence-corrected chi connectivity index (χ0v) is 11.1. The monoisotopic (exact) mass is 208 g/mol. The van der Waals surface area contributed by atoms with Gasteiger partial charge >= 0.3 is 61.8 Å². The van der Waals surface area contributed by atoms with E-state index in [9.17, 15) is 0 Å². The Labute approximate surface area is 111 Å². The Morgan fingerprint density at radius 1 is 1.36 bits per heavy atom. The molecule has 4 nitrogen and oxygen atoms in total. The van der Waals surface area contributed by atoms with Crippen LogP contribution in [0, 0.1) is 12.8 Å². The molecule has 6 heteroatoms. The van der Waals surface area contributed by atoms with Crippen molar-refractivity contribution in [2.75, 3.05) is 0 Å². The van der Waals surface area contributed by atoms with Gasteiger partial charge in [0.05, 0.1) is 0 Å². The Kier molecular flexibility index (Phi) is 16.0. The first-order chi connectivity index (χ1) is 4.27. The van der Waals surface area contributed by atoms with Crippen molar-refractivity contribution in [1.29, 1.82) is 0 Å². The average Bonchev–Trinajstić information content (AvgIpc) is 1.61. The molecule has 0 aromatic heterocycles. The van der Waals surface area contributed by atoms with Crippen molar-refractivity contribution in [2.45, 2.75) is 20.3 Å². The first-order valence-electron chi connectivity index (χ1n) is 2.76. The van der Waals surface area contributed by atoms with Gasteiger partial charge in [0.15, 0.2) is 0 Å². The molecule has 0 aromatic rings. The van der Waals surface area contributed by atoms with E-state index in [1.165, 1.54) is 0 Å². The van der Waals surface area contributed by atoms with Gasteiger partial charge in [0, 0.05) is 0 Å². The molecule has 0 unspecified atom stereocenters. The van der Waals surface area contributed by atoms with Gasteiger partial charge in [-0.3, -0.25) is 9.11 Å². The molecule has 0 saturated heterocycles. The van der Waals surface area contributed by atoms with Gasteiger partial charge in [-0.15, -0.1) is 0 Å². The van der Waals surface area contributed by atoms with Crippen LogP contribution in [0.2, 0.25) is 0 Å². The molecule has 0 saturated carbocycles. The van der Waals surface area contributed by atoms with Crippen LogP contribution in [0.1, 0.15) is 20.3 Å². The van der Waals surface area contributed by atoms with E-state index in [2.05, 4.69) is 20.8 Å². The Bertz CT molecular complexity index is 144. The molecule has 11 heavy (non-hydrogen) atoms. The van der Waals surface area contributed by atoms with Gasteiger partial charge in [-0.05, 0) is 0 Å². The minimum absolute atomic E-state index is 0. The van der Waals surface area contributed by atoms with Crippen LogP contribution in [-0.4, -0.2) is 17.5 Å². The molecule has 0 aliphatic heterocycles. The minimum Gasteiger partial charge on any atom is -0.343 e. The third-order valence-corrected chi connectivity index (χ3v) is 0.577. The second-order valence-corrected chi connectivity index (χ2v) is 3.03. The predicted molar refractivity (Wildman–Crippen MR) is 39.0 cm³/mol. The summed E-state index contributed by atoms with van der Waals surface area (Å²) < 4.78 is 31.6. The minimum atomic E-state index is -4.67. The molecule has 64 valence electrons. The largest absolute Gasteiger partial charge is 1.00 e. The Hall–Kier alpha value is 1.51. The molecule has 0 bridgehead atoms. The van der Waals surface area contributed by atoms with Crippen LogP contribution in [0.3, 0.4) is 0 Å². The van der Waals surface area contributed by atoms with Gasteiger partial charge in [-0.25, -0.2) is 0 Å². The summed E-state index contributed by atoms with van der Waals surface area (Å²) >= 11 is 0. The zero-order valence-electron chi connectivity index (χ0n) is 7.11. The summed E-state index contributed by atoms with van der Waals surface area (Å²) in [6.45, 7) is 8.00. The third kappa shape index (κ3) is 84.6. The van der Waals surface area contributed by atoms with Crippen LogP contribution < -0.4 is 51.4 Å². The Morgan fingerprint density at radius 3 is 1.45 bits per heavy atom. The van der Waals surface area contributed by atoms with Crippen LogP contribution in [0.5, 0.6) is 0 Å². The summed E-state index contributed by atoms with van der Waals surface area (Å²) in [7, 11) is -4.67. The molecular formula is C5H13KO4S. The fourth-order valence-electron chi connectivity index (χ4n) is 0. The molecular weight excluding hydrogens is 195 g/mol. The maximum Gasteiger partial charge on any atom is 1.00 e. The summed E-state index contributed by atoms with van der Waals surface area (Å²) in [5.74, 6) is 0.773. The second kappa shape index (κ2) is 9.59. The molecule has 0 rings (SSSR count). The fraction of sp³-hybridized carbons (Fsp3) is 0.800. The van der Waals surface area contributed by atoms with Crippen LogP contribution in [-0.2, 0) is 10.4 Å². The van der Waals surface area contributed by atoms with Crippen molar-refractivity contribution in [1.82, 2.24) is 0 Å².